The van der Waals surface area contributed by atoms with E-state index in [1.54, 1.807) is 4.52 Å². The summed E-state index contributed by atoms with van der Waals surface area (Å²) in [5.74, 6) is -0.521. The molecule has 1 amide bonds. The predicted octanol–water partition coefficient (Wildman–Crippen LogP) is 2.79. The van der Waals surface area contributed by atoms with Gasteiger partial charge in [-0.15, -0.1) is 0 Å². The smallest absolute Gasteiger partial charge is 0.252 e. The number of nitrogens with two attached hydrogens (primary N) is 2. The molecule has 6 N–H and O–H groups in total. The average molecular weight is 379 g/mol. The number of nitrogens with one attached hydrogen (secondary N) is 1. The van der Waals surface area contributed by atoms with Gasteiger partial charge in [0.2, 0.25) is 0 Å². The highest BCUT2D eigenvalue weighted by atomic mass is 16.3. The summed E-state index contributed by atoms with van der Waals surface area (Å²) in [6.07, 6.45) is 6.48. The van der Waals surface area contributed by atoms with Gasteiger partial charge in [-0.1, -0.05) is 12.1 Å². The molecule has 0 aliphatic heterocycles. The lowest BCUT2D eigenvalue weighted by atomic mass is 9.83. The van der Waals surface area contributed by atoms with Gasteiger partial charge in [0.25, 0.3) is 5.91 Å². The molecule has 1 aliphatic rings. The average Bonchev–Trinajstić information content (AvgIpc) is 3.08. The largest absolute Gasteiger partial charge is 0.399 e. The van der Waals surface area contributed by atoms with Crippen LogP contribution in [0.15, 0.2) is 42.7 Å². The number of primary amides is 1. The Bertz CT molecular complexity index is 1030. The van der Waals surface area contributed by atoms with Crippen molar-refractivity contribution in [3.63, 3.8) is 0 Å². The van der Waals surface area contributed by atoms with Crippen LogP contribution in [0, 0.1) is 0 Å². The van der Waals surface area contributed by atoms with E-state index in [1.165, 1.54) is 6.20 Å². The topological polar surface area (TPSA) is 119 Å². The van der Waals surface area contributed by atoms with Gasteiger partial charge in [0.05, 0.1) is 28.6 Å². The number of carbonyl (C=O) groups is 1. The second-order valence-corrected chi connectivity index (χ2v) is 7.90. The van der Waals surface area contributed by atoms with Crippen LogP contribution < -0.4 is 16.8 Å². The van der Waals surface area contributed by atoms with Gasteiger partial charge in [-0.25, -0.2) is 4.52 Å². The van der Waals surface area contributed by atoms with Crippen LogP contribution in [-0.4, -0.2) is 32.3 Å². The van der Waals surface area contributed by atoms with E-state index in [0.717, 1.165) is 29.5 Å². The number of benzene rings is 1. The van der Waals surface area contributed by atoms with Crippen molar-refractivity contribution < 1.29 is 9.90 Å². The fourth-order valence-electron chi connectivity index (χ4n) is 3.86. The molecule has 7 nitrogen and oxygen atoms in total. The number of nitrogen functional groups attached to an aromatic ring is 1. The van der Waals surface area contributed by atoms with Crippen LogP contribution in [0.3, 0.4) is 0 Å². The molecular formula is C21H25N5O2. The summed E-state index contributed by atoms with van der Waals surface area (Å²) in [6.45, 7) is 1.87. The second-order valence-electron chi connectivity index (χ2n) is 7.90. The molecule has 0 atom stereocenters. The van der Waals surface area contributed by atoms with Gasteiger partial charge in [-0.05, 0) is 56.4 Å². The first-order chi connectivity index (χ1) is 13.3. The lowest BCUT2D eigenvalue weighted by molar-refractivity contribution is 0.0196. The molecule has 7 heteroatoms. The fourth-order valence-corrected chi connectivity index (χ4v) is 3.86. The SMILES string of the molecule is C[C@]1(O)CC[C@H](Nc2c(C(N)=O)cnn3cc(-c4cccc(N)c4)cc23)CC1. The molecule has 0 bridgehead atoms. The molecule has 3 aromatic rings. The standard InChI is InChI=1S/C21H25N5O2/c1-21(28)7-5-16(6-8-21)25-19-17(20(23)27)11-24-26-12-14(10-18(19)26)13-3-2-4-15(22)9-13/h2-4,9-12,16,25,28H,5-8,22H2,1H3,(H2,23,27)/t16-,21-. The van der Waals surface area contributed by atoms with Crippen molar-refractivity contribution in [1.29, 1.82) is 0 Å². The molecule has 1 aliphatic carbocycles. The van der Waals surface area contributed by atoms with Crippen LogP contribution >= 0.6 is 0 Å². The number of hydrogen-bond acceptors (Lipinski definition) is 5. The third kappa shape index (κ3) is 3.53. The molecule has 0 saturated heterocycles. The highest BCUT2D eigenvalue weighted by Gasteiger charge is 2.29. The number of aliphatic hydroxyl groups is 1. The summed E-state index contributed by atoms with van der Waals surface area (Å²) >= 11 is 0. The summed E-state index contributed by atoms with van der Waals surface area (Å²) in [5, 5.41) is 18.0. The van der Waals surface area contributed by atoms with E-state index in [0.29, 0.717) is 29.8 Å². The Balaban J connectivity index is 1.74. The van der Waals surface area contributed by atoms with E-state index >= 15 is 0 Å². The third-order valence-electron chi connectivity index (χ3n) is 5.53. The highest BCUT2D eigenvalue weighted by molar-refractivity contribution is 6.02. The van der Waals surface area contributed by atoms with E-state index in [1.807, 2.05) is 43.5 Å². The number of aromatic nitrogens is 2. The van der Waals surface area contributed by atoms with Gasteiger partial charge in [-0.3, -0.25) is 4.79 Å². The Morgan fingerprint density at radius 3 is 2.71 bits per heavy atom. The molecule has 4 rings (SSSR count). The number of anilines is 2. The summed E-state index contributed by atoms with van der Waals surface area (Å²) < 4.78 is 1.74. The maximum absolute atomic E-state index is 12.0. The third-order valence-corrected chi connectivity index (χ3v) is 5.53. The first kappa shape index (κ1) is 18.3. The Morgan fingerprint density at radius 2 is 2.04 bits per heavy atom. The molecule has 0 radical (unpaired) electrons. The Hall–Kier alpha value is -3.06. The zero-order valence-electron chi connectivity index (χ0n) is 15.9. The maximum atomic E-state index is 12.0. The minimum absolute atomic E-state index is 0.162. The lowest BCUT2D eigenvalue weighted by Gasteiger charge is -2.34. The number of amides is 1. The van der Waals surface area contributed by atoms with Gasteiger partial charge in [-0.2, -0.15) is 5.10 Å². The molecule has 0 spiro atoms. The number of carbonyl (C=O) groups excluding carboxylic acids is 1. The van der Waals surface area contributed by atoms with E-state index in [9.17, 15) is 9.90 Å². The van der Waals surface area contributed by atoms with Crippen LogP contribution in [0.25, 0.3) is 16.6 Å². The predicted molar refractivity (Wildman–Crippen MR) is 110 cm³/mol. The molecular weight excluding hydrogens is 354 g/mol. The number of hydrogen-bond donors (Lipinski definition) is 4. The van der Waals surface area contributed by atoms with Gasteiger partial charge in [0, 0.05) is 23.5 Å². The van der Waals surface area contributed by atoms with Gasteiger partial charge in [0.15, 0.2) is 0 Å². The van der Waals surface area contributed by atoms with Crippen LogP contribution in [0.4, 0.5) is 11.4 Å². The van der Waals surface area contributed by atoms with Crippen molar-refractivity contribution >= 4 is 22.8 Å². The summed E-state index contributed by atoms with van der Waals surface area (Å²) in [5.41, 5.74) is 15.4. The van der Waals surface area contributed by atoms with Crippen molar-refractivity contribution in [1.82, 2.24) is 9.61 Å². The van der Waals surface area contributed by atoms with E-state index in [2.05, 4.69) is 10.4 Å². The van der Waals surface area contributed by atoms with Gasteiger partial charge in [0.1, 0.15) is 0 Å². The first-order valence-electron chi connectivity index (χ1n) is 9.48. The van der Waals surface area contributed by atoms with E-state index in [-0.39, 0.29) is 6.04 Å². The Labute approximate surface area is 163 Å². The van der Waals surface area contributed by atoms with Gasteiger partial charge < -0.3 is 21.9 Å². The molecule has 0 unspecified atom stereocenters. The van der Waals surface area contributed by atoms with Crippen molar-refractivity contribution in [3.8, 4) is 11.1 Å². The van der Waals surface area contributed by atoms with Crippen molar-refractivity contribution in [2.75, 3.05) is 11.1 Å². The molecule has 2 heterocycles. The lowest BCUT2D eigenvalue weighted by Crippen LogP contribution is -2.36. The first-order valence-corrected chi connectivity index (χ1v) is 9.48. The zero-order valence-corrected chi connectivity index (χ0v) is 15.9. The van der Waals surface area contributed by atoms with E-state index in [4.69, 9.17) is 11.5 Å². The summed E-state index contributed by atoms with van der Waals surface area (Å²) in [6, 6.07) is 9.78. The zero-order chi connectivity index (χ0) is 19.9. The molecule has 28 heavy (non-hydrogen) atoms. The second kappa shape index (κ2) is 6.83. The Morgan fingerprint density at radius 1 is 1.29 bits per heavy atom. The summed E-state index contributed by atoms with van der Waals surface area (Å²) in [4.78, 5) is 12.0. The molecule has 1 saturated carbocycles. The normalized spacial score (nSPS) is 22.3. The van der Waals surface area contributed by atoms with Crippen molar-refractivity contribution in [3.05, 3.63) is 48.3 Å². The fraction of sp³-hybridized carbons (Fsp3) is 0.333. The van der Waals surface area contributed by atoms with Gasteiger partial charge >= 0.3 is 0 Å². The van der Waals surface area contributed by atoms with Crippen LogP contribution in [0.5, 0.6) is 0 Å². The van der Waals surface area contributed by atoms with Crippen LogP contribution in [-0.2, 0) is 0 Å². The molecule has 2 aromatic heterocycles. The quantitative estimate of drug-likeness (QED) is 0.520. The summed E-state index contributed by atoms with van der Waals surface area (Å²) in [7, 11) is 0. The highest BCUT2D eigenvalue weighted by Crippen LogP contribution is 2.33. The van der Waals surface area contributed by atoms with Crippen LogP contribution in [0.2, 0.25) is 0 Å². The maximum Gasteiger partial charge on any atom is 0.252 e. The Kier molecular flexibility index (Phi) is 4.47. The monoisotopic (exact) mass is 379 g/mol. The molecule has 1 fully saturated rings. The molecule has 146 valence electrons. The minimum atomic E-state index is -0.617. The number of rotatable bonds is 4. The van der Waals surface area contributed by atoms with Crippen molar-refractivity contribution in [2.45, 2.75) is 44.2 Å². The van der Waals surface area contributed by atoms with E-state index < -0.39 is 11.5 Å². The minimum Gasteiger partial charge on any atom is -0.399 e. The van der Waals surface area contributed by atoms with Crippen molar-refractivity contribution in [2.24, 2.45) is 5.73 Å². The van der Waals surface area contributed by atoms with Crippen LogP contribution in [0.1, 0.15) is 43.0 Å². The molecule has 1 aromatic carbocycles. The number of fused-ring (bicyclic) bond motifs is 1. The number of nitrogens with zero attached hydrogens (tertiary/aromatic N) is 2.